The van der Waals surface area contributed by atoms with Crippen molar-refractivity contribution in [2.24, 2.45) is 22.2 Å². The van der Waals surface area contributed by atoms with Gasteiger partial charge in [0, 0.05) is 11.6 Å². The molecular weight excluding hydrogens is 182 g/mol. The quantitative estimate of drug-likeness (QED) is 0.415. The van der Waals surface area contributed by atoms with Gasteiger partial charge >= 0.3 is 0 Å². The second-order valence-electron chi connectivity index (χ2n) is 4.32. The van der Waals surface area contributed by atoms with E-state index in [1.807, 2.05) is 6.21 Å². The number of hydrazone groups is 1. The fraction of sp³-hybridized carbons (Fsp3) is 0.778. The molecule has 13 heavy (non-hydrogen) atoms. The van der Waals surface area contributed by atoms with Crippen molar-refractivity contribution in [2.75, 3.05) is 0 Å². The number of nitrogens with zero attached hydrogens (tertiary/aromatic N) is 1. The molecule has 0 unspecified atom stereocenters. The van der Waals surface area contributed by atoms with E-state index >= 15 is 0 Å². The highest BCUT2D eigenvalue weighted by Gasteiger charge is 2.16. The third-order valence-electron chi connectivity index (χ3n) is 1.52. The number of nitrogens with one attached hydrogen (secondary N) is 1. The monoisotopic (exact) mass is 201 g/mol. The summed E-state index contributed by atoms with van der Waals surface area (Å²) >= 11 is 4.62. The molecule has 3 N–H and O–H groups in total. The summed E-state index contributed by atoms with van der Waals surface area (Å²) in [4.78, 5) is 0. The van der Waals surface area contributed by atoms with Gasteiger partial charge in [0.25, 0.3) is 0 Å². The van der Waals surface area contributed by atoms with E-state index in [1.54, 1.807) is 0 Å². The molecule has 0 aliphatic heterocycles. The topological polar surface area (TPSA) is 50.4 Å². The Kier molecular flexibility index (Phi) is 4.91. The molecule has 3 nitrogen and oxygen atoms in total. The van der Waals surface area contributed by atoms with Gasteiger partial charge in [0.1, 0.15) is 0 Å². The molecule has 0 fully saturated rings. The maximum Gasteiger partial charge on any atom is 0.184 e. The Morgan fingerprint density at radius 1 is 1.62 bits per heavy atom. The summed E-state index contributed by atoms with van der Waals surface area (Å²) in [5.41, 5.74) is 7.87. The van der Waals surface area contributed by atoms with Crippen molar-refractivity contribution < 1.29 is 0 Å². The molecule has 0 spiro atoms. The minimum atomic E-state index is 0.0892. The van der Waals surface area contributed by atoms with E-state index in [2.05, 4.69) is 50.4 Å². The first kappa shape index (κ1) is 12.4. The number of thiocarbonyl (C=S) groups is 1. The summed E-state index contributed by atoms with van der Waals surface area (Å²) in [5.74, 6) is 0.659. The second kappa shape index (κ2) is 5.17. The fourth-order valence-electron chi connectivity index (χ4n) is 1.38. The zero-order chi connectivity index (χ0) is 10.5. The van der Waals surface area contributed by atoms with Crippen LogP contribution < -0.4 is 11.2 Å². The Labute approximate surface area is 85.8 Å². The van der Waals surface area contributed by atoms with Crippen molar-refractivity contribution in [3.05, 3.63) is 0 Å². The van der Waals surface area contributed by atoms with E-state index in [4.69, 9.17) is 5.73 Å². The largest absolute Gasteiger partial charge is 0.375 e. The van der Waals surface area contributed by atoms with Crippen LogP contribution in [0.25, 0.3) is 0 Å². The summed E-state index contributed by atoms with van der Waals surface area (Å²) < 4.78 is 0. The maximum absolute atomic E-state index is 5.23. The van der Waals surface area contributed by atoms with Crippen LogP contribution in [0.3, 0.4) is 0 Å². The summed E-state index contributed by atoms with van der Waals surface area (Å²) in [6, 6.07) is 0. The Balaban J connectivity index is 4.00. The molecule has 0 saturated carbocycles. The molecule has 0 aromatic carbocycles. The normalized spacial score (nSPS) is 12.4. The van der Waals surface area contributed by atoms with E-state index in [0.717, 1.165) is 6.42 Å². The zero-order valence-electron chi connectivity index (χ0n) is 8.79. The van der Waals surface area contributed by atoms with Gasteiger partial charge in [-0.25, -0.2) is 0 Å². The minimum absolute atomic E-state index is 0.0892. The summed E-state index contributed by atoms with van der Waals surface area (Å²) in [7, 11) is 0. The molecule has 0 saturated heterocycles. The lowest BCUT2D eigenvalue weighted by Gasteiger charge is -2.21. The van der Waals surface area contributed by atoms with Gasteiger partial charge in [-0.2, -0.15) is 5.10 Å². The van der Waals surface area contributed by atoms with Gasteiger partial charge in [0.15, 0.2) is 5.11 Å². The first-order valence-corrected chi connectivity index (χ1v) is 4.84. The van der Waals surface area contributed by atoms with Crippen LogP contribution in [0.15, 0.2) is 5.10 Å². The van der Waals surface area contributed by atoms with E-state index in [9.17, 15) is 0 Å². The van der Waals surface area contributed by atoms with Gasteiger partial charge in [-0.05, 0) is 24.6 Å². The first-order chi connectivity index (χ1) is 5.83. The smallest absolute Gasteiger partial charge is 0.184 e. The molecular formula is C9H19N3S. The Bertz CT molecular complexity index is 197. The number of hydrogen-bond donors (Lipinski definition) is 2. The van der Waals surface area contributed by atoms with E-state index in [1.165, 1.54) is 0 Å². The molecule has 0 aromatic heterocycles. The van der Waals surface area contributed by atoms with Crippen LogP contribution in [-0.4, -0.2) is 11.3 Å². The third kappa shape index (κ3) is 7.71. The molecule has 0 atom stereocenters. The Hall–Kier alpha value is -0.640. The zero-order valence-corrected chi connectivity index (χ0v) is 9.61. The average molecular weight is 201 g/mol. The van der Waals surface area contributed by atoms with Gasteiger partial charge in [-0.3, -0.25) is 5.43 Å². The molecule has 0 amide bonds. The molecule has 76 valence electrons. The predicted molar refractivity (Wildman–Crippen MR) is 61.6 cm³/mol. The lowest BCUT2D eigenvalue weighted by Crippen LogP contribution is -2.26. The molecule has 0 aromatic rings. The number of hydrogen-bond acceptors (Lipinski definition) is 2. The van der Waals surface area contributed by atoms with Crippen LogP contribution >= 0.6 is 12.2 Å². The lowest BCUT2D eigenvalue weighted by molar-refractivity contribution is 0.401. The minimum Gasteiger partial charge on any atom is -0.375 e. The van der Waals surface area contributed by atoms with Gasteiger partial charge < -0.3 is 5.73 Å². The third-order valence-corrected chi connectivity index (χ3v) is 1.61. The van der Waals surface area contributed by atoms with E-state index in [-0.39, 0.29) is 10.5 Å². The molecule has 4 heteroatoms. The van der Waals surface area contributed by atoms with Crippen LogP contribution in [0.1, 0.15) is 34.1 Å². The van der Waals surface area contributed by atoms with Crippen molar-refractivity contribution in [1.29, 1.82) is 0 Å². The highest BCUT2D eigenvalue weighted by Crippen LogP contribution is 2.22. The number of rotatable bonds is 4. The standard InChI is InChI=1S/C9H19N3S/c1-7(2)5-9(3,4)6-11-12-8(10)13/h6-7H,5H2,1-4H3,(H3,10,12,13)/b11-6-. The first-order valence-electron chi connectivity index (χ1n) is 4.43. The van der Waals surface area contributed by atoms with Gasteiger partial charge in [0.05, 0.1) is 0 Å². The lowest BCUT2D eigenvalue weighted by atomic mass is 9.85. The van der Waals surface area contributed by atoms with Gasteiger partial charge in [-0.15, -0.1) is 0 Å². The highest BCUT2D eigenvalue weighted by molar-refractivity contribution is 7.80. The van der Waals surface area contributed by atoms with Crippen molar-refractivity contribution >= 4 is 23.5 Å². The molecule has 0 radical (unpaired) electrons. The molecule has 0 heterocycles. The SMILES string of the molecule is CC(C)CC(C)(C)/C=N\NC(N)=S. The summed E-state index contributed by atoms with van der Waals surface area (Å²) in [6.07, 6.45) is 2.95. The van der Waals surface area contributed by atoms with E-state index < -0.39 is 0 Å². The van der Waals surface area contributed by atoms with Gasteiger partial charge in [0.2, 0.25) is 0 Å². The average Bonchev–Trinajstić information content (AvgIpc) is 1.81. The van der Waals surface area contributed by atoms with Crippen LogP contribution in [0, 0.1) is 11.3 Å². The van der Waals surface area contributed by atoms with Crippen LogP contribution in [0.5, 0.6) is 0 Å². The summed E-state index contributed by atoms with van der Waals surface area (Å²) in [5, 5.41) is 4.16. The Morgan fingerprint density at radius 3 is 2.54 bits per heavy atom. The van der Waals surface area contributed by atoms with Crippen molar-refractivity contribution in [1.82, 2.24) is 5.43 Å². The second-order valence-corrected chi connectivity index (χ2v) is 4.76. The number of nitrogens with two attached hydrogens (primary N) is 1. The van der Waals surface area contributed by atoms with Gasteiger partial charge in [-0.1, -0.05) is 27.7 Å². The maximum atomic E-state index is 5.23. The van der Waals surface area contributed by atoms with Crippen LogP contribution in [0.2, 0.25) is 0 Å². The van der Waals surface area contributed by atoms with Crippen LogP contribution in [-0.2, 0) is 0 Å². The van der Waals surface area contributed by atoms with E-state index in [0.29, 0.717) is 5.92 Å². The molecule has 0 rings (SSSR count). The van der Waals surface area contributed by atoms with Crippen molar-refractivity contribution in [3.8, 4) is 0 Å². The predicted octanol–water partition coefficient (Wildman–Crippen LogP) is 1.88. The van der Waals surface area contributed by atoms with Crippen molar-refractivity contribution in [3.63, 3.8) is 0 Å². The molecule has 0 aliphatic carbocycles. The molecule has 0 aliphatic rings. The Morgan fingerprint density at radius 2 is 2.15 bits per heavy atom. The highest BCUT2D eigenvalue weighted by atomic mass is 32.1. The summed E-state index contributed by atoms with van der Waals surface area (Å²) in [6.45, 7) is 8.66. The molecule has 0 bridgehead atoms. The van der Waals surface area contributed by atoms with Crippen LogP contribution in [0.4, 0.5) is 0 Å². The fourth-order valence-corrected chi connectivity index (χ4v) is 1.43. The van der Waals surface area contributed by atoms with Crippen molar-refractivity contribution in [2.45, 2.75) is 34.1 Å².